The van der Waals surface area contributed by atoms with Crippen molar-refractivity contribution in [3.63, 3.8) is 0 Å². The number of nitro groups is 1. The Morgan fingerprint density at radius 2 is 2.19 bits per heavy atom. The molecule has 0 amide bonds. The van der Waals surface area contributed by atoms with E-state index in [1.54, 1.807) is 12.1 Å². The van der Waals surface area contributed by atoms with Gasteiger partial charge in [-0.05, 0) is 28.1 Å². The Kier molecular flexibility index (Phi) is 4.33. The van der Waals surface area contributed by atoms with Crippen molar-refractivity contribution in [2.24, 2.45) is 10.9 Å². The molecule has 2 aromatic rings. The molecule has 0 spiro atoms. The fourth-order valence-electron chi connectivity index (χ4n) is 1.48. The minimum absolute atomic E-state index is 0.0782. The largest absolute Gasteiger partial charge is 0.438 e. The molecule has 8 nitrogen and oxygen atoms in total. The molecular weight excluding hydrogens is 344 g/mol. The second-order valence-electron chi connectivity index (χ2n) is 3.82. The zero-order valence-corrected chi connectivity index (χ0v) is 12.0. The molecule has 108 valence electrons. The third-order valence-electron chi connectivity index (χ3n) is 2.49. The molecule has 0 aliphatic rings. The summed E-state index contributed by atoms with van der Waals surface area (Å²) in [5, 5.41) is 22.2. The van der Waals surface area contributed by atoms with Crippen LogP contribution in [0.25, 0.3) is 0 Å². The van der Waals surface area contributed by atoms with Crippen LogP contribution in [0.3, 0.4) is 0 Å². The monoisotopic (exact) mass is 352 g/mol. The number of pyridine rings is 1. The van der Waals surface area contributed by atoms with Gasteiger partial charge in [-0.25, -0.2) is 4.98 Å². The summed E-state index contributed by atoms with van der Waals surface area (Å²) in [7, 11) is 0. The van der Waals surface area contributed by atoms with Crippen LogP contribution >= 0.6 is 15.9 Å². The molecule has 1 aromatic heterocycles. The van der Waals surface area contributed by atoms with Gasteiger partial charge in [-0.15, -0.1) is 0 Å². The smallest absolute Gasteiger partial charge is 0.287 e. The Labute approximate surface area is 127 Å². The van der Waals surface area contributed by atoms with Crippen LogP contribution in [-0.2, 0) is 0 Å². The lowest BCUT2D eigenvalue weighted by Gasteiger charge is -2.07. The van der Waals surface area contributed by atoms with Crippen LogP contribution in [0.2, 0.25) is 0 Å². The number of amidine groups is 1. The third-order valence-corrected chi connectivity index (χ3v) is 3.29. The number of rotatable bonds is 4. The summed E-state index contributed by atoms with van der Waals surface area (Å²) in [6.45, 7) is 0. The van der Waals surface area contributed by atoms with Gasteiger partial charge < -0.3 is 15.7 Å². The van der Waals surface area contributed by atoms with E-state index in [4.69, 9.17) is 15.7 Å². The topological polar surface area (TPSA) is 124 Å². The first kappa shape index (κ1) is 14.7. The molecular formula is C12H9BrN4O4. The highest BCUT2D eigenvalue weighted by Gasteiger charge is 2.16. The molecule has 1 aromatic carbocycles. The highest BCUT2D eigenvalue weighted by molar-refractivity contribution is 9.10. The number of aromatic nitrogens is 1. The van der Waals surface area contributed by atoms with E-state index in [9.17, 15) is 10.1 Å². The van der Waals surface area contributed by atoms with Gasteiger partial charge in [0.25, 0.3) is 5.69 Å². The zero-order valence-electron chi connectivity index (χ0n) is 10.4. The zero-order chi connectivity index (χ0) is 15.4. The normalized spacial score (nSPS) is 11.2. The number of nitrogens with two attached hydrogens (primary N) is 1. The number of oxime groups is 1. The average Bonchev–Trinajstić information content (AvgIpc) is 2.49. The standard InChI is InChI=1S/C12H9BrN4O4/c13-11-8(17(19)20)2-1-3-9(11)21-10-5-4-7(6-15-10)12(14)16-18/h1-6,18H,(H2,14,16). The van der Waals surface area contributed by atoms with Crippen molar-refractivity contribution in [2.75, 3.05) is 0 Å². The van der Waals surface area contributed by atoms with Gasteiger partial charge in [-0.1, -0.05) is 11.2 Å². The molecule has 0 aliphatic carbocycles. The molecule has 2 rings (SSSR count). The molecule has 0 fully saturated rings. The molecule has 0 saturated carbocycles. The minimum Gasteiger partial charge on any atom is -0.438 e. The van der Waals surface area contributed by atoms with Gasteiger partial charge in [0.05, 0.1) is 4.92 Å². The van der Waals surface area contributed by atoms with Crippen LogP contribution in [0.5, 0.6) is 11.6 Å². The van der Waals surface area contributed by atoms with Gasteiger partial charge >= 0.3 is 0 Å². The van der Waals surface area contributed by atoms with Crippen LogP contribution in [0, 0.1) is 10.1 Å². The van der Waals surface area contributed by atoms with Crippen molar-refractivity contribution < 1.29 is 14.9 Å². The first-order valence-electron chi connectivity index (χ1n) is 5.57. The molecule has 0 bridgehead atoms. The number of nitrogens with zero attached hydrogens (tertiary/aromatic N) is 3. The van der Waals surface area contributed by atoms with E-state index >= 15 is 0 Å². The van der Waals surface area contributed by atoms with Crippen molar-refractivity contribution in [1.29, 1.82) is 0 Å². The molecule has 3 N–H and O–H groups in total. The summed E-state index contributed by atoms with van der Waals surface area (Å²) >= 11 is 3.12. The maximum atomic E-state index is 10.8. The highest BCUT2D eigenvalue weighted by atomic mass is 79.9. The fourth-order valence-corrected chi connectivity index (χ4v) is 1.97. The molecule has 1 heterocycles. The Bertz CT molecular complexity index is 703. The predicted molar refractivity (Wildman–Crippen MR) is 77.6 cm³/mol. The molecule has 0 aliphatic heterocycles. The van der Waals surface area contributed by atoms with E-state index in [2.05, 4.69) is 26.1 Å². The molecule has 0 radical (unpaired) electrons. The number of halogens is 1. The van der Waals surface area contributed by atoms with Crippen molar-refractivity contribution in [3.05, 3.63) is 56.7 Å². The lowest BCUT2D eigenvalue weighted by Crippen LogP contribution is -2.13. The summed E-state index contributed by atoms with van der Waals surface area (Å²) in [6.07, 6.45) is 1.36. The van der Waals surface area contributed by atoms with Gasteiger partial charge in [0.2, 0.25) is 5.88 Å². The van der Waals surface area contributed by atoms with Gasteiger partial charge in [0, 0.05) is 23.9 Å². The van der Waals surface area contributed by atoms with E-state index in [0.717, 1.165) is 0 Å². The molecule has 0 atom stereocenters. The Hall–Kier alpha value is -2.68. The maximum absolute atomic E-state index is 10.8. The summed E-state index contributed by atoms with van der Waals surface area (Å²) < 4.78 is 5.68. The van der Waals surface area contributed by atoms with Gasteiger partial charge in [-0.2, -0.15) is 0 Å². The molecule has 9 heteroatoms. The SMILES string of the molecule is N/C(=N/O)c1ccc(Oc2cccc([N+](=O)[O-])c2Br)nc1. The first-order valence-corrected chi connectivity index (χ1v) is 6.37. The van der Waals surface area contributed by atoms with Gasteiger partial charge in [-0.3, -0.25) is 10.1 Å². The van der Waals surface area contributed by atoms with Gasteiger partial charge in [0.15, 0.2) is 11.6 Å². The lowest BCUT2D eigenvalue weighted by molar-refractivity contribution is -0.385. The van der Waals surface area contributed by atoms with Crippen LogP contribution in [0.4, 0.5) is 5.69 Å². The third kappa shape index (κ3) is 3.26. The summed E-state index contributed by atoms with van der Waals surface area (Å²) in [5.41, 5.74) is 5.72. The lowest BCUT2D eigenvalue weighted by atomic mass is 10.2. The van der Waals surface area contributed by atoms with Crippen LogP contribution < -0.4 is 10.5 Å². The number of hydrogen-bond donors (Lipinski definition) is 2. The number of benzene rings is 1. The molecule has 0 unspecified atom stereocenters. The highest BCUT2D eigenvalue weighted by Crippen LogP contribution is 2.35. The Morgan fingerprint density at radius 1 is 1.43 bits per heavy atom. The van der Waals surface area contributed by atoms with E-state index in [1.807, 2.05) is 0 Å². The van der Waals surface area contributed by atoms with Crippen LogP contribution in [0.15, 0.2) is 46.2 Å². The average molecular weight is 353 g/mol. The quantitative estimate of drug-likeness (QED) is 0.286. The van der Waals surface area contributed by atoms with Crippen LogP contribution in [-0.4, -0.2) is 21.0 Å². The van der Waals surface area contributed by atoms with E-state index in [1.165, 1.54) is 24.4 Å². The van der Waals surface area contributed by atoms with Gasteiger partial charge in [0.1, 0.15) is 4.47 Å². The number of hydrogen-bond acceptors (Lipinski definition) is 6. The Balaban J connectivity index is 2.27. The van der Waals surface area contributed by atoms with E-state index in [-0.39, 0.29) is 27.6 Å². The first-order chi connectivity index (χ1) is 10.0. The maximum Gasteiger partial charge on any atom is 0.287 e. The Morgan fingerprint density at radius 3 is 2.76 bits per heavy atom. The van der Waals surface area contributed by atoms with Crippen molar-refractivity contribution in [1.82, 2.24) is 4.98 Å². The van der Waals surface area contributed by atoms with Crippen molar-refractivity contribution >= 4 is 27.5 Å². The van der Waals surface area contributed by atoms with E-state index < -0.39 is 4.92 Å². The van der Waals surface area contributed by atoms with Crippen molar-refractivity contribution in [2.45, 2.75) is 0 Å². The molecule has 0 saturated heterocycles. The van der Waals surface area contributed by atoms with E-state index in [0.29, 0.717) is 5.56 Å². The van der Waals surface area contributed by atoms with Crippen LogP contribution in [0.1, 0.15) is 5.56 Å². The molecule has 21 heavy (non-hydrogen) atoms. The number of nitro benzene ring substituents is 1. The minimum atomic E-state index is -0.522. The summed E-state index contributed by atoms with van der Waals surface area (Å²) in [6, 6.07) is 7.46. The summed E-state index contributed by atoms with van der Waals surface area (Å²) in [4.78, 5) is 14.3. The second kappa shape index (κ2) is 6.18. The summed E-state index contributed by atoms with van der Waals surface area (Å²) in [5.74, 6) is 0.393. The van der Waals surface area contributed by atoms with Crippen molar-refractivity contribution in [3.8, 4) is 11.6 Å². The fraction of sp³-hybridized carbons (Fsp3) is 0. The second-order valence-corrected chi connectivity index (χ2v) is 4.61. The number of ether oxygens (including phenoxy) is 1. The predicted octanol–water partition coefficient (Wildman–Crippen LogP) is 2.64.